The van der Waals surface area contributed by atoms with E-state index in [1.165, 1.54) is 0 Å². The zero-order chi connectivity index (χ0) is 12.8. The number of carboxylic acid groups (broad SMARTS) is 1. The summed E-state index contributed by atoms with van der Waals surface area (Å²) >= 11 is 5.80. The van der Waals surface area contributed by atoms with Crippen LogP contribution in [0.1, 0.15) is 26.2 Å². The molecule has 2 unspecified atom stereocenters. The fraction of sp³-hybridized carbons (Fsp3) is 0.417. The molecule has 0 spiro atoms. The average Bonchev–Trinajstić information content (AvgIpc) is 2.29. The second kappa shape index (κ2) is 6.77. The Labute approximate surface area is 108 Å². The van der Waals surface area contributed by atoms with Gasteiger partial charge in [0, 0.05) is 9.92 Å². The van der Waals surface area contributed by atoms with Crippen LogP contribution >= 0.6 is 11.6 Å². The van der Waals surface area contributed by atoms with Gasteiger partial charge in [0.05, 0.1) is 10.8 Å². The van der Waals surface area contributed by atoms with Gasteiger partial charge in [0.15, 0.2) is 0 Å². The van der Waals surface area contributed by atoms with Crippen LogP contribution in [0.3, 0.4) is 0 Å². The fourth-order valence-electron chi connectivity index (χ4n) is 1.47. The highest BCUT2D eigenvalue weighted by atomic mass is 35.5. The van der Waals surface area contributed by atoms with Gasteiger partial charge in [0.2, 0.25) is 0 Å². The second-order valence-electron chi connectivity index (χ2n) is 3.72. The third-order valence-corrected chi connectivity index (χ3v) is 4.29. The smallest absolute Gasteiger partial charge is 0.319 e. The molecule has 94 valence electrons. The van der Waals surface area contributed by atoms with Gasteiger partial charge in [-0.25, -0.2) is 0 Å². The first-order chi connectivity index (χ1) is 8.06. The van der Waals surface area contributed by atoms with Crippen molar-refractivity contribution in [2.75, 3.05) is 0 Å². The number of rotatable bonds is 6. The van der Waals surface area contributed by atoms with Crippen LogP contribution in [0.15, 0.2) is 29.2 Å². The number of carboxylic acids is 1. The van der Waals surface area contributed by atoms with Crippen molar-refractivity contribution in [3.8, 4) is 0 Å². The molecule has 3 nitrogen and oxygen atoms in total. The minimum atomic E-state index is -1.55. The molecular formula is C12H15ClO3S. The highest BCUT2D eigenvalue weighted by Crippen LogP contribution is 2.19. The van der Waals surface area contributed by atoms with Crippen molar-refractivity contribution in [1.29, 1.82) is 0 Å². The fourth-order valence-corrected chi connectivity index (χ4v) is 3.07. The molecule has 0 saturated carbocycles. The predicted molar refractivity (Wildman–Crippen MR) is 68.8 cm³/mol. The molecule has 17 heavy (non-hydrogen) atoms. The monoisotopic (exact) mass is 274 g/mol. The van der Waals surface area contributed by atoms with Gasteiger partial charge >= 0.3 is 5.97 Å². The Morgan fingerprint density at radius 3 is 2.76 bits per heavy atom. The Morgan fingerprint density at radius 2 is 2.24 bits per heavy atom. The van der Waals surface area contributed by atoms with E-state index >= 15 is 0 Å². The van der Waals surface area contributed by atoms with Crippen LogP contribution < -0.4 is 0 Å². The largest absolute Gasteiger partial charge is 0.480 e. The number of unbranched alkanes of at least 4 members (excludes halogenated alkanes) is 1. The molecule has 0 aliphatic rings. The standard InChI is InChI=1S/C12H15ClO3S/c1-2-3-7-11(12(14)15)17(16)10-6-4-5-9(13)8-10/h4-6,8,11H,2-3,7H2,1H3,(H,14,15). The normalized spacial score (nSPS) is 14.2. The lowest BCUT2D eigenvalue weighted by Crippen LogP contribution is -2.25. The summed E-state index contributed by atoms with van der Waals surface area (Å²) in [6.07, 6.45) is 2.06. The SMILES string of the molecule is CCCCC(C(=O)O)S(=O)c1cccc(Cl)c1. The van der Waals surface area contributed by atoms with Crippen LogP contribution in [0.25, 0.3) is 0 Å². The van der Waals surface area contributed by atoms with Gasteiger partial charge in [0.25, 0.3) is 0 Å². The van der Waals surface area contributed by atoms with Crippen LogP contribution in [0, 0.1) is 0 Å². The zero-order valence-corrected chi connectivity index (χ0v) is 11.1. The van der Waals surface area contributed by atoms with Crippen LogP contribution in [0.2, 0.25) is 5.02 Å². The van der Waals surface area contributed by atoms with Crippen molar-refractivity contribution in [1.82, 2.24) is 0 Å². The number of aliphatic carboxylic acids is 1. The molecule has 0 saturated heterocycles. The number of hydrogen-bond donors (Lipinski definition) is 1. The average molecular weight is 275 g/mol. The van der Waals surface area contributed by atoms with Crippen LogP contribution in [-0.2, 0) is 15.6 Å². The van der Waals surface area contributed by atoms with E-state index in [2.05, 4.69) is 0 Å². The second-order valence-corrected chi connectivity index (χ2v) is 5.80. The molecule has 1 N–H and O–H groups in total. The van der Waals surface area contributed by atoms with E-state index in [-0.39, 0.29) is 0 Å². The van der Waals surface area contributed by atoms with E-state index in [0.717, 1.165) is 12.8 Å². The molecule has 0 heterocycles. The lowest BCUT2D eigenvalue weighted by atomic mass is 10.2. The third kappa shape index (κ3) is 4.13. The predicted octanol–water partition coefficient (Wildman–Crippen LogP) is 3.09. The summed E-state index contributed by atoms with van der Waals surface area (Å²) in [5.41, 5.74) is 0. The first kappa shape index (κ1) is 14.2. The van der Waals surface area contributed by atoms with E-state index in [1.807, 2.05) is 6.92 Å². The Balaban J connectivity index is 2.88. The molecule has 0 bridgehead atoms. The molecule has 0 aliphatic carbocycles. The molecule has 0 amide bonds. The molecule has 0 fully saturated rings. The van der Waals surface area contributed by atoms with Gasteiger partial charge in [-0.15, -0.1) is 0 Å². The summed E-state index contributed by atoms with van der Waals surface area (Å²) in [6, 6.07) is 6.54. The highest BCUT2D eigenvalue weighted by molar-refractivity contribution is 7.86. The summed E-state index contributed by atoms with van der Waals surface area (Å²) in [4.78, 5) is 11.6. The van der Waals surface area contributed by atoms with E-state index in [9.17, 15) is 9.00 Å². The Morgan fingerprint density at radius 1 is 1.53 bits per heavy atom. The van der Waals surface area contributed by atoms with Crippen LogP contribution in [0.5, 0.6) is 0 Å². The summed E-state index contributed by atoms with van der Waals surface area (Å²) < 4.78 is 12.1. The molecular weight excluding hydrogens is 260 g/mol. The first-order valence-corrected chi connectivity index (χ1v) is 7.04. The first-order valence-electron chi connectivity index (χ1n) is 5.45. The molecule has 1 rings (SSSR count). The zero-order valence-electron chi connectivity index (χ0n) is 9.56. The summed E-state index contributed by atoms with van der Waals surface area (Å²) in [5, 5.41) is 8.69. The van der Waals surface area contributed by atoms with Crippen LogP contribution in [0.4, 0.5) is 0 Å². The molecule has 1 aromatic rings. The van der Waals surface area contributed by atoms with Gasteiger partial charge < -0.3 is 5.11 Å². The van der Waals surface area contributed by atoms with Crippen LogP contribution in [-0.4, -0.2) is 20.5 Å². The summed E-state index contributed by atoms with van der Waals surface area (Å²) in [6.45, 7) is 1.97. The van der Waals surface area contributed by atoms with Crippen molar-refractivity contribution >= 4 is 28.4 Å². The van der Waals surface area contributed by atoms with Crippen molar-refractivity contribution in [2.45, 2.75) is 36.3 Å². The number of carbonyl (C=O) groups is 1. The number of benzene rings is 1. The van der Waals surface area contributed by atoms with Crippen molar-refractivity contribution in [3.63, 3.8) is 0 Å². The van der Waals surface area contributed by atoms with Gasteiger partial charge in [-0.2, -0.15) is 0 Å². The van der Waals surface area contributed by atoms with Gasteiger partial charge in [0.1, 0.15) is 5.25 Å². The minimum absolute atomic E-state index is 0.422. The Kier molecular flexibility index (Phi) is 5.65. The molecule has 0 aromatic heterocycles. The van der Waals surface area contributed by atoms with E-state index in [4.69, 9.17) is 16.7 Å². The van der Waals surface area contributed by atoms with Crippen molar-refractivity contribution in [2.24, 2.45) is 0 Å². The highest BCUT2D eigenvalue weighted by Gasteiger charge is 2.25. The maximum Gasteiger partial charge on any atom is 0.319 e. The molecule has 5 heteroatoms. The number of halogens is 1. The Bertz CT molecular complexity index is 420. The van der Waals surface area contributed by atoms with E-state index < -0.39 is 22.0 Å². The Hall–Kier alpha value is -0.870. The van der Waals surface area contributed by atoms with E-state index in [1.54, 1.807) is 24.3 Å². The molecule has 0 radical (unpaired) electrons. The van der Waals surface area contributed by atoms with Gasteiger partial charge in [-0.05, 0) is 24.6 Å². The summed E-state index contributed by atoms with van der Waals surface area (Å²) in [5.74, 6) is -1.02. The number of hydrogen-bond acceptors (Lipinski definition) is 2. The summed E-state index contributed by atoms with van der Waals surface area (Å²) in [7, 11) is -1.55. The topological polar surface area (TPSA) is 54.4 Å². The molecule has 1 aromatic carbocycles. The maximum atomic E-state index is 12.1. The third-order valence-electron chi connectivity index (χ3n) is 2.38. The minimum Gasteiger partial charge on any atom is -0.480 e. The van der Waals surface area contributed by atoms with Gasteiger partial charge in [-0.3, -0.25) is 9.00 Å². The van der Waals surface area contributed by atoms with Crippen molar-refractivity contribution < 1.29 is 14.1 Å². The quantitative estimate of drug-likeness (QED) is 0.867. The van der Waals surface area contributed by atoms with E-state index in [0.29, 0.717) is 16.3 Å². The van der Waals surface area contributed by atoms with Crippen molar-refractivity contribution in [3.05, 3.63) is 29.3 Å². The van der Waals surface area contributed by atoms with Gasteiger partial charge in [-0.1, -0.05) is 37.4 Å². The lowest BCUT2D eigenvalue weighted by Gasteiger charge is -2.11. The lowest BCUT2D eigenvalue weighted by molar-refractivity contribution is -0.136. The molecule has 0 aliphatic heterocycles. The molecule has 2 atom stereocenters. The maximum absolute atomic E-state index is 12.1.